The average molecular weight is 759 g/mol. The number of benzene rings is 2. The molecule has 0 spiro atoms. The normalized spacial score (nSPS) is 18.0. The molecule has 0 unspecified atom stereocenters. The van der Waals surface area contributed by atoms with Gasteiger partial charge in [0.05, 0.1) is 35.9 Å². The number of imidazole rings is 2. The number of nitrogens with zero attached hydrogens (tertiary/aromatic N) is 6. The van der Waals surface area contributed by atoms with Crippen LogP contribution in [0.3, 0.4) is 0 Å². The highest BCUT2D eigenvalue weighted by atomic mass is 16.6. The van der Waals surface area contributed by atoms with E-state index < -0.39 is 18.2 Å². The lowest BCUT2D eigenvalue weighted by molar-refractivity contribution is -0.143. The number of aromatic nitrogens is 6. The van der Waals surface area contributed by atoms with Crippen LogP contribution in [0.25, 0.3) is 33.6 Å². The second kappa shape index (κ2) is 16.8. The molecule has 56 heavy (non-hydrogen) atoms. The third-order valence-corrected chi connectivity index (χ3v) is 10.7. The lowest BCUT2D eigenvalue weighted by Gasteiger charge is -2.30. The summed E-state index contributed by atoms with van der Waals surface area (Å²) in [7, 11) is 1.48. The Morgan fingerprint density at radius 3 is 1.64 bits per heavy atom. The van der Waals surface area contributed by atoms with E-state index in [-0.39, 0.29) is 35.7 Å². The molecule has 4 atom stereocenters. The Morgan fingerprint density at radius 1 is 0.696 bits per heavy atom. The number of amides is 3. The second-order valence-electron chi connectivity index (χ2n) is 15.2. The van der Waals surface area contributed by atoms with E-state index in [1.165, 1.54) is 7.05 Å². The number of rotatable bonds is 12. The first-order valence-electron chi connectivity index (χ1n) is 19.4. The molecule has 2 aliphatic rings. The minimum absolute atomic E-state index is 0.0227. The highest BCUT2D eigenvalue weighted by Crippen LogP contribution is 2.35. The van der Waals surface area contributed by atoms with E-state index in [9.17, 15) is 14.4 Å². The molecule has 5 heterocycles. The summed E-state index contributed by atoms with van der Waals surface area (Å²) in [5.41, 5.74) is 5.90. The van der Waals surface area contributed by atoms with Crippen LogP contribution in [0.15, 0.2) is 79.4 Å². The van der Waals surface area contributed by atoms with Gasteiger partial charge in [0.1, 0.15) is 17.7 Å². The smallest absolute Gasteiger partial charge is 0.407 e. The summed E-state index contributed by atoms with van der Waals surface area (Å²) < 4.78 is 5.44. The van der Waals surface area contributed by atoms with Crippen LogP contribution < -0.4 is 10.6 Å². The topological polar surface area (TPSA) is 174 Å². The van der Waals surface area contributed by atoms with E-state index in [1.54, 1.807) is 29.6 Å². The summed E-state index contributed by atoms with van der Waals surface area (Å²) in [5, 5.41) is 5.68. The molecule has 5 aromatic rings. The van der Waals surface area contributed by atoms with Gasteiger partial charge < -0.3 is 35.1 Å². The van der Waals surface area contributed by atoms with Crippen molar-refractivity contribution in [3.8, 4) is 33.6 Å². The van der Waals surface area contributed by atoms with Crippen molar-refractivity contribution < 1.29 is 19.1 Å². The number of H-pyrrole nitrogens is 2. The number of carbonyl (C=O) groups excluding carboxylic acids is 3. The van der Waals surface area contributed by atoms with Crippen LogP contribution >= 0.6 is 0 Å². The monoisotopic (exact) mass is 758 g/mol. The van der Waals surface area contributed by atoms with E-state index in [1.807, 2.05) is 38.8 Å². The Hall–Kier alpha value is -6.05. The number of anilines is 1. The second-order valence-corrected chi connectivity index (χ2v) is 15.2. The van der Waals surface area contributed by atoms with Gasteiger partial charge in [-0.2, -0.15) is 0 Å². The van der Waals surface area contributed by atoms with Gasteiger partial charge in [-0.15, -0.1) is 0 Å². The zero-order chi connectivity index (χ0) is 39.3. The molecule has 3 aromatic heterocycles. The van der Waals surface area contributed by atoms with Gasteiger partial charge in [0.2, 0.25) is 11.9 Å². The number of carbonyl (C=O) groups is 3. The Morgan fingerprint density at radius 2 is 1.18 bits per heavy atom. The number of nitrogens with one attached hydrogen (secondary N) is 4. The standard InChI is InChI=1S/C42H50N10O4/c1-25(2)35(50-41-44-19-8-20-45-41)39(53)51-21-6-9-33(51)37-46-23-31(48-37)29-15-11-27(12-16-29)28-13-17-30(18-14-28)32-24-47-38(49-32)34-10-7-22-52(34)40(54)36(26(3)4)56-42(55)43-5/h8,11-20,23-26,33-36H,6-7,9-10,21-22H2,1-5H3,(H,43,55)(H,46,48)(H,47,49)(H,44,45,50)/t33-,34-,35+,36-/m0/s1. The minimum Gasteiger partial charge on any atom is -0.436 e. The van der Waals surface area contributed by atoms with Crippen molar-refractivity contribution in [2.24, 2.45) is 11.8 Å². The van der Waals surface area contributed by atoms with Crippen LogP contribution in [-0.4, -0.2) is 89.9 Å². The van der Waals surface area contributed by atoms with Gasteiger partial charge in [-0.1, -0.05) is 76.2 Å². The first kappa shape index (κ1) is 38.2. The molecule has 2 aromatic carbocycles. The fourth-order valence-corrected chi connectivity index (χ4v) is 7.63. The van der Waals surface area contributed by atoms with Crippen LogP contribution in [0.5, 0.6) is 0 Å². The van der Waals surface area contributed by atoms with E-state index in [4.69, 9.17) is 9.72 Å². The summed E-state index contributed by atoms with van der Waals surface area (Å²) in [6.07, 6.45) is 8.85. The molecule has 3 amide bonds. The summed E-state index contributed by atoms with van der Waals surface area (Å²) in [6.45, 7) is 9.04. The molecule has 0 bridgehead atoms. The van der Waals surface area contributed by atoms with Crippen molar-refractivity contribution in [2.75, 3.05) is 25.5 Å². The Balaban J connectivity index is 0.997. The molecule has 2 fully saturated rings. The highest BCUT2D eigenvalue weighted by Gasteiger charge is 2.39. The maximum Gasteiger partial charge on any atom is 0.407 e. The molecule has 4 N–H and O–H groups in total. The number of ether oxygens (including phenoxy) is 1. The van der Waals surface area contributed by atoms with Crippen molar-refractivity contribution in [3.63, 3.8) is 0 Å². The maximum atomic E-state index is 13.8. The molecular weight excluding hydrogens is 709 g/mol. The Bertz CT molecular complexity index is 2110. The Labute approximate surface area is 326 Å². The summed E-state index contributed by atoms with van der Waals surface area (Å²) in [5.74, 6) is 1.64. The van der Waals surface area contributed by atoms with Crippen molar-refractivity contribution in [1.29, 1.82) is 0 Å². The van der Waals surface area contributed by atoms with Gasteiger partial charge in [0, 0.05) is 32.5 Å². The number of alkyl carbamates (subject to hydrolysis) is 1. The third kappa shape index (κ3) is 8.14. The lowest BCUT2D eigenvalue weighted by Crippen LogP contribution is -2.45. The molecule has 292 valence electrons. The maximum absolute atomic E-state index is 13.8. The SMILES string of the molecule is CNC(=O)O[C@H](C(=O)N1CCC[C@H]1c1ncc(-c2ccc(-c3ccc(-c4cnc([C@@H]5CCCN5C(=O)[C@H](Nc5ncccn5)C(C)C)[nH]4)cc3)cc2)[nH]1)C(C)C. The van der Waals surface area contributed by atoms with Gasteiger partial charge in [0.15, 0.2) is 6.10 Å². The fraction of sp³-hybridized carbons (Fsp3) is 0.405. The first-order valence-corrected chi connectivity index (χ1v) is 19.4. The fourth-order valence-electron chi connectivity index (χ4n) is 7.63. The van der Waals surface area contributed by atoms with E-state index in [0.717, 1.165) is 71.0 Å². The number of likely N-dealkylation sites (tertiary alicyclic amines) is 2. The molecule has 2 saturated heterocycles. The third-order valence-electron chi connectivity index (χ3n) is 10.7. The zero-order valence-electron chi connectivity index (χ0n) is 32.5. The van der Waals surface area contributed by atoms with E-state index >= 15 is 0 Å². The van der Waals surface area contributed by atoms with Crippen LogP contribution in [0.2, 0.25) is 0 Å². The van der Waals surface area contributed by atoms with Crippen molar-refractivity contribution in [2.45, 2.75) is 77.6 Å². The van der Waals surface area contributed by atoms with Crippen LogP contribution in [0.4, 0.5) is 10.7 Å². The summed E-state index contributed by atoms with van der Waals surface area (Å²) >= 11 is 0. The molecule has 0 aliphatic carbocycles. The molecular formula is C42H50N10O4. The number of aromatic amines is 2. The molecule has 2 aliphatic heterocycles. The van der Waals surface area contributed by atoms with Crippen LogP contribution in [-0.2, 0) is 14.3 Å². The van der Waals surface area contributed by atoms with E-state index in [0.29, 0.717) is 19.0 Å². The number of hydrogen-bond acceptors (Lipinski definition) is 9. The molecule has 0 saturated carbocycles. The molecule has 14 heteroatoms. The van der Waals surface area contributed by atoms with Gasteiger partial charge in [-0.25, -0.2) is 24.7 Å². The largest absolute Gasteiger partial charge is 0.436 e. The average Bonchev–Trinajstić information content (AvgIpc) is 4.06. The van der Waals surface area contributed by atoms with Crippen molar-refractivity contribution in [1.82, 2.24) is 45.0 Å². The van der Waals surface area contributed by atoms with Crippen molar-refractivity contribution >= 4 is 23.9 Å². The summed E-state index contributed by atoms with van der Waals surface area (Å²) in [6, 6.07) is 17.6. The van der Waals surface area contributed by atoms with Gasteiger partial charge in [0.25, 0.3) is 5.91 Å². The van der Waals surface area contributed by atoms with Crippen LogP contribution in [0, 0.1) is 11.8 Å². The number of hydrogen-bond donors (Lipinski definition) is 4. The minimum atomic E-state index is -0.869. The van der Waals surface area contributed by atoms with Gasteiger partial charge in [-0.3, -0.25) is 9.59 Å². The Kier molecular flexibility index (Phi) is 11.4. The predicted octanol–water partition coefficient (Wildman–Crippen LogP) is 6.77. The zero-order valence-corrected chi connectivity index (χ0v) is 32.5. The van der Waals surface area contributed by atoms with Gasteiger partial charge in [-0.05, 0) is 65.8 Å². The van der Waals surface area contributed by atoms with Crippen molar-refractivity contribution in [3.05, 3.63) is 91.0 Å². The highest BCUT2D eigenvalue weighted by molar-refractivity contribution is 5.85. The quantitative estimate of drug-likeness (QED) is 0.107. The van der Waals surface area contributed by atoms with E-state index in [2.05, 4.69) is 84.1 Å². The molecule has 14 nitrogen and oxygen atoms in total. The lowest BCUT2D eigenvalue weighted by atomic mass is 10.0. The molecule has 0 radical (unpaired) electrons. The first-order chi connectivity index (χ1) is 27.1. The predicted molar refractivity (Wildman–Crippen MR) is 213 cm³/mol. The summed E-state index contributed by atoms with van der Waals surface area (Å²) in [4.78, 5) is 67.9. The van der Waals surface area contributed by atoms with Crippen LogP contribution in [0.1, 0.15) is 77.1 Å². The molecule has 7 rings (SSSR count). The van der Waals surface area contributed by atoms with Gasteiger partial charge >= 0.3 is 6.09 Å².